The summed E-state index contributed by atoms with van der Waals surface area (Å²) in [6, 6.07) is 6.96. The molecule has 116 valence electrons. The second-order valence-corrected chi connectivity index (χ2v) is 4.00. The standard InChI is InChI=1S/2C6H6N2O3.Zn/c2*7-5-3-4(8(10)11)1-2-6(5)9;/h2*1-3,9H,7H2;/q;;+2. The number of rotatable bonds is 2. The number of hydrogen-bond donors (Lipinski definition) is 4. The van der Waals surface area contributed by atoms with Crippen molar-refractivity contribution < 1.29 is 39.5 Å². The summed E-state index contributed by atoms with van der Waals surface area (Å²) in [4.78, 5) is 19.1. The predicted molar refractivity (Wildman–Crippen MR) is 78.3 cm³/mol. The SMILES string of the molecule is Nc1cc([N+](=O)[O-])ccc1O.Nc1cc([N+](=O)[O-])ccc1O.[Zn+2]. The monoisotopic (exact) mass is 372 g/mol. The van der Waals surface area contributed by atoms with Gasteiger partial charge in [0.1, 0.15) is 11.5 Å². The summed E-state index contributed by atoms with van der Waals surface area (Å²) >= 11 is 0. The van der Waals surface area contributed by atoms with Gasteiger partial charge in [0, 0.05) is 24.3 Å². The largest absolute Gasteiger partial charge is 2.00 e. The molecule has 0 saturated heterocycles. The quantitative estimate of drug-likeness (QED) is 0.202. The van der Waals surface area contributed by atoms with Gasteiger partial charge in [-0.3, -0.25) is 20.2 Å². The number of nitrogens with zero attached hydrogens (tertiary/aromatic N) is 2. The summed E-state index contributed by atoms with van der Waals surface area (Å²) < 4.78 is 0. The molecule has 0 spiro atoms. The van der Waals surface area contributed by atoms with E-state index < -0.39 is 9.85 Å². The van der Waals surface area contributed by atoms with Gasteiger partial charge in [-0.15, -0.1) is 0 Å². The molecule has 2 aromatic carbocycles. The van der Waals surface area contributed by atoms with Crippen LogP contribution < -0.4 is 11.5 Å². The van der Waals surface area contributed by atoms with Crippen LogP contribution in [0, 0.1) is 20.2 Å². The molecular weight excluding hydrogens is 362 g/mol. The van der Waals surface area contributed by atoms with Crippen LogP contribution in [0.2, 0.25) is 0 Å². The molecule has 0 aliphatic carbocycles. The molecule has 23 heavy (non-hydrogen) atoms. The van der Waals surface area contributed by atoms with Gasteiger partial charge in [0.15, 0.2) is 0 Å². The van der Waals surface area contributed by atoms with Crippen LogP contribution in [0.1, 0.15) is 0 Å². The van der Waals surface area contributed by atoms with Crippen molar-refractivity contribution in [2.24, 2.45) is 0 Å². The van der Waals surface area contributed by atoms with Gasteiger partial charge in [0.25, 0.3) is 11.4 Å². The van der Waals surface area contributed by atoms with E-state index >= 15 is 0 Å². The van der Waals surface area contributed by atoms with E-state index in [9.17, 15) is 20.2 Å². The van der Waals surface area contributed by atoms with E-state index in [1.165, 1.54) is 24.3 Å². The molecule has 0 unspecified atom stereocenters. The maximum Gasteiger partial charge on any atom is 2.00 e. The third kappa shape index (κ3) is 5.75. The molecule has 0 saturated carbocycles. The van der Waals surface area contributed by atoms with E-state index in [2.05, 4.69) is 0 Å². The van der Waals surface area contributed by atoms with E-state index in [0.717, 1.165) is 12.1 Å². The van der Waals surface area contributed by atoms with E-state index in [0.29, 0.717) is 0 Å². The van der Waals surface area contributed by atoms with Crippen LogP contribution in [-0.4, -0.2) is 20.1 Å². The van der Waals surface area contributed by atoms with Crippen molar-refractivity contribution in [1.82, 2.24) is 0 Å². The molecule has 0 atom stereocenters. The Morgan fingerprint density at radius 2 is 1.09 bits per heavy atom. The smallest absolute Gasteiger partial charge is 0.506 e. The number of nitrogens with two attached hydrogens (primary N) is 2. The molecule has 0 aromatic heterocycles. The van der Waals surface area contributed by atoms with Crippen LogP contribution in [0.4, 0.5) is 22.7 Å². The van der Waals surface area contributed by atoms with Crippen molar-refractivity contribution in [3.63, 3.8) is 0 Å². The van der Waals surface area contributed by atoms with Crippen LogP contribution in [0.5, 0.6) is 11.5 Å². The second kappa shape index (κ2) is 8.49. The van der Waals surface area contributed by atoms with Gasteiger partial charge in [-0.05, 0) is 12.1 Å². The summed E-state index contributed by atoms with van der Waals surface area (Å²) in [7, 11) is 0. The maximum atomic E-state index is 10.1. The number of nitro benzene ring substituents is 2. The number of nitrogen functional groups attached to an aromatic ring is 2. The van der Waals surface area contributed by atoms with E-state index in [1.807, 2.05) is 0 Å². The number of non-ortho nitro benzene ring substituents is 2. The minimum Gasteiger partial charge on any atom is -0.506 e. The summed E-state index contributed by atoms with van der Waals surface area (Å²) in [5.41, 5.74) is 10.2. The Hall–Kier alpha value is -2.94. The zero-order valence-corrected chi connectivity index (χ0v) is 14.7. The second-order valence-electron chi connectivity index (χ2n) is 4.00. The molecule has 0 heterocycles. The zero-order valence-electron chi connectivity index (χ0n) is 11.7. The number of aromatic hydroxyl groups is 2. The van der Waals surface area contributed by atoms with Crippen LogP contribution >= 0.6 is 0 Å². The van der Waals surface area contributed by atoms with Crippen LogP contribution in [-0.2, 0) is 19.5 Å². The summed E-state index contributed by atoms with van der Waals surface area (Å²) in [6.45, 7) is 0. The van der Waals surface area contributed by atoms with Crippen molar-refractivity contribution in [1.29, 1.82) is 0 Å². The molecule has 0 aliphatic heterocycles. The van der Waals surface area contributed by atoms with Gasteiger partial charge in [0.2, 0.25) is 0 Å². The average molecular weight is 374 g/mol. The van der Waals surface area contributed by atoms with Crippen molar-refractivity contribution in [3.05, 3.63) is 56.6 Å². The van der Waals surface area contributed by atoms with E-state index in [1.54, 1.807) is 0 Å². The number of nitro groups is 2. The Kier molecular flexibility index (Phi) is 7.41. The fourth-order valence-electron chi connectivity index (χ4n) is 1.31. The summed E-state index contributed by atoms with van der Waals surface area (Å²) in [6.07, 6.45) is 0. The Morgan fingerprint density at radius 1 is 0.783 bits per heavy atom. The molecule has 0 fully saturated rings. The predicted octanol–water partition coefficient (Wildman–Crippen LogP) is 1.76. The normalized spacial score (nSPS) is 9.04. The van der Waals surface area contributed by atoms with Crippen molar-refractivity contribution in [3.8, 4) is 11.5 Å². The third-order valence-corrected chi connectivity index (χ3v) is 2.44. The Morgan fingerprint density at radius 3 is 1.30 bits per heavy atom. The van der Waals surface area contributed by atoms with Gasteiger partial charge >= 0.3 is 19.5 Å². The number of hydrogen-bond acceptors (Lipinski definition) is 8. The fourth-order valence-corrected chi connectivity index (χ4v) is 1.31. The van der Waals surface area contributed by atoms with Gasteiger partial charge < -0.3 is 21.7 Å². The first-order chi connectivity index (χ1) is 10.2. The van der Waals surface area contributed by atoms with Crippen LogP contribution in [0.15, 0.2) is 36.4 Å². The molecule has 2 aromatic rings. The van der Waals surface area contributed by atoms with Crippen molar-refractivity contribution in [2.75, 3.05) is 11.5 Å². The topological polar surface area (TPSA) is 179 Å². The van der Waals surface area contributed by atoms with Crippen molar-refractivity contribution in [2.45, 2.75) is 0 Å². The first-order valence-corrected chi connectivity index (χ1v) is 5.68. The Labute approximate surface area is 142 Å². The number of anilines is 2. The molecular formula is C12H12N4O6Zn+2. The first-order valence-electron chi connectivity index (χ1n) is 5.68. The Balaban J connectivity index is 0.000000403. The van der Waals surface area contributed by atoms with Gasteiger partial charge in [0.05, 0.1) is 21.2 Å². The molecule has 0 amide bonds. The fraction of sp³-hybridized carbons (Fsp3) is 0. The van der Waals surface area contributed by atoms with Crippen molar-refractivity contribution >= 4 is 22.7 Å². The number of phenolic OH excluding ortho intramolecular Hbond substituents is 2. The molecule has 10 nitrogen and oxygen atoms in total. The minimum absolute atomic E-state index is 0. The molecule has 0 radical (unpaired) electrons. The summed E-state index contributed by atoms with van der Waals surface area (Å²) in [5.74, 6) is -0.286. The number of phenols is 2. The van der Waals surface area contributed by atoms with Gasteiger partial charge in [-0.2, -0.15) is 0 Å². The first kappa shape index (κ1) is 20.1. The zero-order chi connectivity index (χ0) is 16.9. The third-order valence-electron chi connectivity index (χ3n) is 2.44. The van der Waals surface area contributed by atoms with Gasteiger partial charge in [-0.25, -0.2) is 0 Å². The van der Waals surface area contributed by atoms with Gasteiger partial charge in [-0.1, -0.05) is 0 Å². The molecule has 2 rings (SSSR count). The maximum absolute atomic E-state index is 10.1. The number of benzene rings is 2. The molecule has 0 bridgehead atoms. The molecule has 6 N–H and O–H groups in total. The van der Waals surface area contributed by atoms with Crippen LogP contribution in [0.3, 0.4) is 0 Å². The summed E-state index contributed by atoms with van der Waals surface area (Å²) in [5, 5.41) is 38.0. The molecule has 0 aliphatic rings. The average Bonchev–Trinajstić information content (AvgIpc) is 2.45. The van der Waals surface area contributed by atoms with E-state index in [4.69, 9.17) is 21.7 Å². The Bertz CT molecular complexity index is 663. The molecule has 11 heteroatoms. The van der Waals surface area contributed by atoms with Crippen LogP contribution in [0.25, 0.3) is 0 Å². The van der Waals surface area contributed by atoms with E-state index in [-0.39, 0.29) is 53.7 Å². The minimum atomic E-state index is -0.574.